The number of hydrogen-bond donors (Lipinski definition) is 1. The predicted octanol–water partition coefficient (Wildman–Crippen LogP) is 3.41. The molecule has 0 aromatic heterocycles. The predicted molar refractivity (Wildman–Crippen MR) is 175 cm³/mol. The summed E-state index contributed by atoms with van der Waals surface area (Å²) in [5, 5.41) is 3.81. The Balaban J connectivity index is 1.20. The maximum Gasteiger partial charge on any atom is 0.217 e. The number of fused-ring (bicyclic) bond motifs is 1. The highest BCUT2D eigenvalue weighted by Crippen LogP contribution is 2.36. The maximum atomic E-state index is 12.4. The van der Waals surface area contributed by atoms with Crippen molar-refractivity contribution in [3.8, 4) is 0 Å². The van der Waals surface area contributed by atoms with Crippen LogP contribution < -0.4 is 5.32 Å². The van der Waals surface area contributed by atoms with Gasteiger partial charge in [-0.3, -0.25) is 4.79 Å². The summed E-state index contributed by atoms with van der Waals surface area (Å²) in [6, 6.07) is 18.9. The smallest absolute Gasteiger partial charge is 0.217 e. The summed E-state index contributed by atoms with van der Waals surface area (Å²) < 4.78 is 58.9. The fraction of sp³-hybridized carbons (Fsp3) is 0.618. The fourth-order valence-corrected chi connectivity index (χ4v) is 5.33. The van der Waals surface area contributed by atoms with Gasteiger partial charge in [0.15, 0.2) is 12.6 Å². The molecule has 6 atom stereocenters. The topological polar surface area (TPSA) is 121 Å². The average Bonchev–Trinajstić information content (AvgIpc) is 3.09. The van der Waals surface area contributed by atoms with E-state index in [-0.39, 0.29) is 19.1 Å². The van der Waals surface area contributed by atoms with Crippen LogP contribution in [0.2, 0.25) is 0 Å². The van der Waals surface area contributed by atoms with E-state index in [4.69, 9.17) is 47.4 Å². The zero-order valence-corrected chi connectivity index (χ0v) is 28.6. The summed E-state index contributed by atoms with van der Waals surface area (Å²) >= 11 is 3.31. The van der Waals surface area contributed by atoms with Gasteiger partial charge >= 0.3 is 0 Å². The number of halogens is 1. The van der Waals surface area contributed by atoms with Crippen LogP contribution in [0.4, 0.5) is 0 Å². The van der Waals surface area contributed by atoms with E-state index in [0.717, 1.165) is 16.5 Å². The third-order valence-electron chi connectivity index (χ3n) is 7.29. The van der Waals surface area contributed by atoms with E-state index in [0.29, 0.717) is 72.7 Å². The highest BCUT2D eigenvalue weighted by atomic mass is 79.9. The Labute approximate surface area is 285 Å². The molecule has 2 aliphatic heterocycles. The molecule has 0 radical (unpaired) electrons. The molecule has 0 bridgehead atoms. The van der Waals surface area contributed by atoms with Gasteiger partial charge < -0.3 is 52.7 Å². The van der Waals surface area contributed by atoms with Gasteiger partial charge in [0.1, 0.15) is 24.4 Å². The first-order chi connectivity index (χ1) is 23.2. The van der Waals surface area contributed by atoms with Gasteiger partial charge in [-0.25, -0.2) is 0 Å². The Hall–Kier alpha value is -2.01. The van der Waals surface area contributed by atoms with Gasteiger partial charge in [-0.05, 0) is 5.56 Å². The summed E-state index contributed by atoms with van der Waals surface area (Å²) in [6.45, 7) is 7.21. The lowest BCUT2D eigenvalue weighted by atomic mass is 9.95. The van der Waals surface area contributed by atoms with Gasteiger partial charge in [0.2, 0.25) is 5.91 Å². The molecule has 0 aliphatic carbocycles. The van der Waals surface area contributed by atoms with E-state index in [9.17, 15) is 4.79 Å². The van der Waals surface area contributed by atoms with Crippen molar-refractivity contribution >= 4 is 21.8 Å². The molecule has 262 valence electrons. The van der Waals surface area contributed by atoms with Crippen LogP contribution in [-0.2, 0) is 58.8 Å². The highest BCUT2D eigenvalue weighted by molar-refractivity contribution is 9.09. The molecule has 1 N–H and O–H groups in total. The first-order valence-corrected chi connectivity index (χ1v) is 17.2. The number of benzene rings is 2. The van der Waals surface area contributed by atoms with Gasteiger partial charge in [-0.2, -0.15) is 0 Å². The molecule has 2 fully saturated rings. The molecular weight excluding hydrogens is 678 g/mol. The monoisotopic (exact) mass is 725 g/mol. The fourth-order valence-electron chi connectivity index (χ4n) is 5.11. The SMILES string of the molecule is CC(=O)N[C@H]1[C@H](OCCOCCOCCOCCOCCOCCBr)O[C@@H]2CO[C@@H](c3ccccc3)O[C@H]2[C@@H]1OCc1ccccc1. The van der Waals surface area contributed by atoms with Crippen molar-refractivity contribution in [1.29, 1.82) is 0 Å². The lowest BCUT2D eigenvalue weighted by Gasteiger charge is -2.49. The number of alkyl halides is 1. The number of rotatable bonds is 23. The molecule has 2 heterocycles. The average molecular weight is 727 g/mol. The summed E-state index contributed by atoms with van der Waals surface area (Å²) in [4.78, 5) is 12.4. The molecule has 0 saturated carbocycles. The number of nitrogens with one attached hydrogen (secondary N) is 1. The largest absolute Gasteiger partial charge is 0.378 e. The minimum absolute atomic E-state index is 0.231. The quantitative estimate of drug-likeness (QED) is 0.134. The van der Waals surface area contributed by atoms with E-state index in [1.54, 1.807) is 0 Å². The molecule has 12 nitrogen and oxygen atoms in total. The van der Waals surface area contributed by atoms with E-state index < -0.39 is 36.9 Å². The zero-order valence-electron chi connectivity index (χ0n) is 27.0. The van der Waals surface area contributed by atoms with Gasteiger partial charge in [0.25, 0.3) is 0 Å². The number of carbonyl (C=O) groups excluding carboxylic acids is 1. The summed E-state index contributed by atoms with van der Waals surface area (Å²) in [5.41, 5.74) is 1.89. The van der Waals surface area contributed by atoms with Crippen molar-refractivity contribution in [2.45, 2.75) is 50.5 Å². The summed E-state index contributed by atoms with van der Waals surface area (Å²) in [6.07, 6.45) is -2.94. The van der Waals surface area contributed by atoms with Crippen molar-refractivity contribution in [3.05, 3.63) is 71.8 Å². The van der Waals surface area contributed by atoms with Crippen molar-refractivity contribution < 1.29 is 52.2 Å². The minimum Gasteiger partial charge on any atom is -0.378 e. The third-order valence-corrected chi connectivity index (χ3v) is 7.61. The van der Waals surface area contributed by atoms with Crippen molar-refractivity contribution in [1.82, 2.24) is 5.32 Å². The second-order valence-corrected chi connectivity index (χ2v) is 11.6. The summed E-state index contributed by atoms with van der Waals surface area (Å²) in [7, 11) is 0. The first-order valence-electron chi connectivity index (χ1n) is 16.1. The Bertz CT molecular complexity index is 1100. The third kappa shape index (κ3) is 13.8. The van der Waals surface area contributed by atoms with E-state index in [1.807, 2.05) is 60.7 Å². The van der Waals surface area contributed by atoms with Gasteiger partial charge in [0.05, 0.1) is 85.9 Å². The summed E-state index contributed by atoms with van der Waals surface area (Å²) in [5.74, 6) is -0.231. The van der Waals surface area contributed by atoms with Crippen LogP contribution in [0.5, 0.6) is 0 Å². The van der Waals surface area contributed by atoms with Crippen molar-refractivity contribution in [2.75, 3.05) is 84.6 Å². The van der Waals surface area contributed by atoms with Crippen molar-refractivity contribution in [2.24, 2.45) is 0 Å². The Kier molecular flexibility index (Phi) is 18.2. The normalized spacial score (nSPS) is 24.1. The maximum absolute atomic E-state index is 12.4. The number of carbonyl (C=O) groups is 1. The van der Waals surface area contributed by atoms with Gasteiger partial charge in [-0.15, -0.1) is 0 Å². The van der Waals surface area contributed by atoms with E-state index in [1.165, 1.54) is 6.92 Å². The van der Waals surface area contributed by atoms with Crippen LogP contribution in [0, 0.1) is 0 Å². The van der Waals surface area contributed by atoms with E-state index in [2.05, 4.69) is 21.2 Å². The van der Waals surface area contributed by atoms with Crippen LogP contribution in [-0.4, -0.2) is 121 Å². The minimum atomic E-state index is -0.802. The molecule has 13 heteroatoms. The lowest BCUT2D eigenvalue weighted by molar-refractivity contribution is -0.349. The lowest BCUT2D eigenvalue weighted by Crippen LogP contribution is -2.67. The molecule has 0 spiro atoms. The van der Waals surface area contributed by atoms with Crippen LogP contribution in [0.3, 0.4) is 0 Å². The van der Waals surface area contributed by atoms with Crippen LogP contribution in [0.1, 0.15) is 24.3 Å². The van der Waals surface area contributed by atoms with Gasteiger partial charge in [0, 0.05) is 17.8 Å². The molecule has 2 aromatic carbocycles. The molecular formula is C34H48BrNO11. The molecule has 47 heavy (non-hydrogen) atoms. The molecule has 2 aromatic rings. The molecule has 2 saturated heterocycles. The molecule has 0 unspecified atom stereocenters. The second kappa shape index (κ2) is 22.6. The molecule has 2 aliphatic rings. The zero-order chi connectivity index (χ0) is 32.9. The van der Waals surface area contributed by atoms with Gasteiger partial charge in [-0.1, -0.05) is 76.6 Å². The molecule has 1 amide bonds. The standard InChI is InChI=1S/C34H48BrNO11/c1-26(37)36-30-32(44-24-27-8-4-2-5-9-27)31-29(25-45-33(47-31)28-10-6-3-7-11-28)46-34(30)43-23-22-42-21-20-41-19-18-40-17-16-39-15-14-38-13-12-35/h2-11,29-34H,12-25H2,1H3,(H,36,37)/t29-,30-,31-,32-,33-,34-/m1/s1. The first kappa shape index (κ1) is 37.8. The molecule has 4 rings (SSSR count). The van der Waals surface area contributed by atoms with Crippen LogP contribution in [0.25, 0.3) is 0 Å². The number of amides is 1. The Morgan fingerprint density at radius 1 is 0.745 bits per heavy atom. The van der Waals surface area contributed by atoms with Crippen LogP contribution >= 0.6 is 15.9 Å². The highest BCUT2D eigenvalue weighted by Gasteiger charge is 2.51. The number of hydrogen-bond acceptors (Lipinski definition) is 11. The van der Waals surface area contributed by atoms with Crippen molar-refractivity contribution in [3.63, 3.8) is 0 Å². The second-order valence-electron chi connectivity index (χ2n) is 10.8. The van der Waals surface area contributed by atoms with Crippen LogP contribution in [0.15, 0.2) is 60.7 Å². The number of ether oxygens (including phenoxy) is 10. The Morgan fingerprint density at radius 2 is 1.30 bits per heavy atom. The Morgan fingerprint density at radius 3 is 1.87 bits per heavy atom. The van der Waals surface area contributed by atoms with E-state index >= 15 is 0 Å².